The molecule has 2 aromatic carbocycles. The maximum absolute atomic E-state index is 13.9. The molecule has 2 aromatic heterocycles. The molecule has 2 heterocycles. The number of carbonyl (C=O) groups is 1. The Labute approximate surface area is 198 Å². The molecule has 0 aliphatic heterocycles. The summed E-state index contributed by atoms with van der Waals surface area (Å²) in [6.07, 6.45) is -3.75. The van der Waals surface area contributed by atoms with E-state index in [0.29, 0.717) is 22.2 Å². The van der Waals surface area contributed by atoms with E-state index in [1.54, 1.807) is 19.9 Å². The molecule has 0 unspecified atom stereocenters. The third kappa shape index (κ3) is 4.90. The number of fused-ring (bicyclic) bond motifs is 1. The molecule has 0 fully saturated rings. The second kappa shape index (κ2) is 8.81. The first-order valence-electron chi connectivity index (χ1n) is 10.4. The Bertz CT molecular complexity index is 1530. The van der Waals surface area contributed by atoms with Gasteiger partial charge in [0.1, 0.15) is 11.5 Å². The average Bonchev–Trinajstić information content (AvgIpc) is 3.17. The van der Waals surface area contributed by atoms with Gasteiger partial charge >= 0.3 is 6.18 Å². The lowest BCUT2D eigenvalue weighted by Crippen LogP contribution is -2.33. The zero-order valence-electron chi connectivity index (χ0n) is 18.5. The number of nitrogens with one attached hydrogen (secondary N) is 1. The molecule has 35 heavy (non-hydrogen) atoms. The first-order chi connectivity index (χ1) is 16.4. The third-order valence-electron chi connectivity index (χ3n) is 5.27. The standard InChI is InChI=1S/C24H19F4N3O3S/c1-14(2)23(32)30-35(33,34)19-9-6-15(7-10-19)21-20-11-8-17(24(26,27)28)13-31(20)29-22(21)16-4-3-5-18(25)12-16/h3-14H,1-2H3,(H,30,32). The molecule has 0 saturated heterocycles. The largest absolute Gasteiger partial charge is 0.417 e. The van der Waals surface area contributed by atoms with Gasteiger partial charge in [-0.3, -0.25) is 4.79 Å². The fraction of sp³-hybridized carbons (Fsp3) is 0.167. The van der Waals surface area contributed by atoms with Gasteiger partial charge in [0.15, 0.2) is 0 Å². The number of hydrogen-bond acceptors (Lipinski definition) is 4. The first kappa shape index (κ1) is 24.4. The van der Waals surface area contributed by atoms with Gasteiger partial charge in [-0.2, -0.15) is 18.3 Å². The van der Waals surface area contributed by atoms with Crippen LogP contribution in [0.15, 0.2) is 71.8 Å². The van der Waals surface area contributed by atoms with Crippen molar-refractivity contribution in [2.45, 2.75) is 24.9 Å². The van der Waals surface area contributed by atoms with E-state index in [1.807, 2.05) is 4.72 Å². The summed E-state index contributed by atoms with van der Waals surface area (Å²) in [7, 11) is -4.12. The number of hydrogen-bond donors (Lipinski definition) is 1. The maximum atomic E-state index is 13.9. The number of carbonyl (C=O) groups excluding carboxylic acids is 1. The summed E-state index contributed by atoms with van der Waals surface area (Å²) < 4.78 is 81.7. The summed E-state index contributed by atoms with van der Waals surface area (Å²) in [6.45, 7) is 3.11. The van der Waals surface area contributed by atoms with Gasteiger partial charge in [-0.1, -0.05) is 38.1 Å². The zero-order valence-corrected chi connectivity index (χ0v) is 19.3. The van der Waals surface area contributed by atoms with Crippen molar-refractivity contribution in [1.82, 2.24) is 14.3 Å². The number of halogens is 4. The van der Waals surface area contributed by atoms with Crippen LogP contribution in [0.3, 0.4) is 0 Å². The molecule has 0 spiro atoms. The lowest BCUT2D eigenvalue weighted by atomic mass is 9.99. The van der Waals surface area contributed by atoms with Crippen LogP contribution < -0.4 is 4.72 Å². The van der Waals surface area contributed by atoms with Crippen LogP contribution in [-0.2, 0) is 21.0 Å². The SMILES string of the molecule is CC(C)C(=O)NS(=O)(=O)c1ccc(-c2c(-c3cccc(F)c3)nn3cc(C(F)(F)F)ccc23)cc1. The molecule has 0 bridgehead atoms. The fourth-order valence-electron chi connectivity index (χ4n) is 3.45. The molecule has 6 nitrogen and oxygen atoms in total. The third-order valence-corrected chi connectivity index (χ3v) is 6.63. The van der Waals surface area contributed by atoms with E-state index >= 15 is 0 Å². The van der Waals surface area contributed by atoms with Gasteiger partial charge in [-0.25, -0.2) is 22.0 Å². The van der Waals surface area contributed by atoms with E-state index < -0.39 is 39.4 Å². The molecule has 1 N–H and O–H groups in total. The summed E-state index contributed by atoms with van der Waals surface area (Å²) >= 11 is 0. The molecular weight excluding hydrogens is 486 g/mol. The van der Waals surface area contributed by atoms with E-state index in [0.717, 1.165) is 16.8 Å². The van der Waals surface area contributed by atoms with E-state index in [4.69, 9.17) is 0 Å². The molecule has 0 saturated carbocycles. The van der Waals surface area contributed by atoms with Gasteiger partial charge < -0.3 is 0 Å². The second-order valence-electron chi connectivity index (χ2n) is 8.13. The molecule has 182 valence electrons. The van der Waals surface area contributed by atoms with Gasteiger partial charge in [0.2, 0.25) is 5.91 Å². The van der Waals surface area contributed by atoms with Crippen molar-refractivity contribution in [3.63, 3.8) is 0 Å². The number of pyridine rings is 1. The van der Waals surface area contributed by atoms with Gasteiger partial charge in [0, 0.05) is 23.2 Å². The number of benzene rings is 2. The lowest BCUT2D eigenvalue weighted by Gasteiger charge is -2.10. The molecule has 11 heteroatoms. The number of sulfonamides is 1. The summed E-state index contributed by atoms with van der Waals surface area (Å²) in [5.74, 6) is -1.76. The number of amides is 1. The normalized spacial score (nSPS) is 12.3. The second-order valence-corrected chi connectivity index (χ2v) is 9.81. The molecule has 4 aromatic rings. The summed E-state index contributed by atoms with van der Waals surface area (Å²) in [5.41, 5.74) is 0.770. The summed E-state index contributed by atoms with van der Waals surface area (Å²) in [4.78, 5) is 11.7. The highest BCUT2D eigenvalue weighted by atomic mass is 32.2. The van der Waals surface area contributed by atoms with Crippen LogP contribution in [-0.4, -0.2) is 23.9 Å². The van der Waals surface area contributed by atoms with E-state index in [1.165, 1.54) is 48.5 Å². The van der Waals surface area contributed by atoms with Crippen molar-refractivity contribution in [3.05, 3.63) is 78.2 Å². The number of rotatable bonds is 5. The highest BCUT2D eigenvalue weighted by molar-refractivity contribution is 7.90. The maximum Gasteiger partial charge on any atom is 0.417 e. The van der Waals surface area contributed by atoms with Crippen LogP contribution >= 0.6 is 0 Å². The van der Waals surface area contributed by atoms with Crippen molar-refractivity contribution in [2.75, 3.05) is 0 Å². The topological polar surface area (TPSA) is 80.5 Å². The van der Waals surface area contributed by atoms with Gasteiger partial charge in [-0.15, -0.1) is 0 Å². The Balaban J connectivity index is 1.86. The van der Waals surface area contributed by atoms with Crippen LogP contribution in [0.1, 0.15) is 19.4 Å². The van der Waals surface area contributed by atoms with E-state index in [2.05, 4.69) is 5.10 Å². The molecular formula is C24H19F4N3O3S. The van der Waals surface area contributed by atoms with Crippen LogP contribution in [0.5, 0.6) is 0 Å². The molecule has 4 rings (SSSR count). The number of aromatic nitrogens is 2. The average molecular weight is 505 g/mol. The van der Waals surface area contributed by atoms with Crippen LogP contribution in [0, 0.1) is 11.7 Å². The van der Waals surface area contributed by atoms with E-state index in [-0.39, 0.29) is 10.6 Å². The Morgan fingerprint density at radius 1 is 1.00 bits per heavy atom. The quantitative estimate of drug-likeness (QED) is 0.374. The lowest BCUT2D eigenvalue weighted by molar-refractivity contribution is -0.138. The van der Waals surface area contributed by atoms with Crippen molar-refractivity contribution < 1.29 is 30.8 Å². The van der Waals surface area contributed by atoms with Gasteiger partial charge in [-0.05, 0) is 42.0 Å². The monoisotopic (exact) mass is 505 g/mol. The summed E-state index contributed by atoms with van der Waals surface area (Å²) in [6, 6.07) is 13.1. The van der Waals surface area contributed by atoms with Crippen molar-refractivity contribution in [1.29, 1.82) is 0 Å². The summed E-state index contributed by atoms with van der Waals surface area (Å²) in [5, 5.41) is 4.28. The van der Waals surface area contributed by atoms with Crippen molar-refractivity contribution in [3.8, 4) is 22.4 Å². The van der Waals surface area contributed by atoms with Gasteiger partial charge in [0.05, 0.1) is 16.0 Å². The Morgan fingerprint density at radius 2 is 1.69 bits per heavy atom. The minimum Gasteiger partial charge on any atom is -0.274 e. The smallest absolute Gasteiger partial charge is 0.274 e. The van der Waals surface area contributed by atoms with Crippen molar-refractivity contribution >= 4 is 21.4 Å². The Hall–Kier alpha value is -3.73. The highest BCUT2D eigenvalue weighted by Gasteiger charge is 2.31. The molecule has 1 amide bonds. The fourth-order valence-corrected chi connectivity index (χ4v) is 4.56. The Morgan fingerprint density at radius 3 is 2.29 bits per heavy atom. The zero-order chi connectivity index (χ0) is 25.5. The molecule has 0 radical (unpaired) electrons. The number of nitrogens with zero attached hydrogens (tertiary/aromatic N) is 2. The van der Waals surface area contributed by atoms with Crippen LogP contribution in [0.2, 0.25) is 0 Å². The number of alkyl halides is 3. The predicted octanol–water partition coefficient (Wildman–Crippen LogP) is 5.29. The molecule has 0 aliphatic rings. The van der Waals surface area contributed by atoms with E-state index in [9.17, 15) is 30.8 Å². The van der Waals surface area contributed by atoms with Crippen LogP contribution in [0.25, 0.3) is 27.9 Å². The van der Waals surface area contributed by atoms with Crippen molar-refractivity contribution in [2.24, 2.45) is 5.92 Å². The van der Waals surface area contributed by atoms with Gasteiger partial charge in [0.25, 0.3) is 10.0 Å². The highest BCUT2D eigenvalue weighted by Crippen LogP contribution is 2.37. The minimum absolute atomic E-state index is 0.168. The minimum atomic E-state index is -4.59. The Kier molecular flexibility index (Phi) is 6.14. The molecule has 0 aliphatic carbocycles. The predicted molar refractivity (Wildman–Crippen MR) is 121 cm³/mol. The first-order valence-corrected chi connectivity index (χ1v) is 11.9. The molecule has 0 atom stereocenters. The van der Waals surface area contributed by atoms with Crippen LogP contribution in [0.4, 0.5) is 17.6 Å².